The molecule has 5 nitrogen and oxygen atoms in total. The van der Waals surface area contributed by atoms with Gasteiger partial charge in [0.2, 0.25) is 17.5 Å². The Morgan fingerprint density at radius 2 is 1.62 bits per heavy atom. The van der Waals surface area contributed by atoms with E-state index in [1.165, 1.54) is 32.1 Å². The fraction of sp³-hybridized carbons (Fsp3) is 0.857. The lowest BCUT2D eigenvalue weighted by Crippen LogP contribution is -2.43. The molecule has 0 aromatic heterocycles. The van der Waals surface area contributed by atoms with Crippen LogP contribution in [0.3, 0.4) is 0 Å². The lowest BCUT2D eigenvalue weighted by atomic mass is 9.85. The molecular formula is C21H33NO4. The third-order valence-corrected chi connectivity index (χ3v) is 6.53. The summed E-state index contributed by atoms with van der Waals surface area (Å²) in [4.78, 5) is 39.0. The average Bonchev–Trinajstić information content (AvgIpc) is 3.06. The monoisotopic (exact) mass is 363 g/mol. The summed E-state index contributed by atoms with van der Waals surface area (Å²) < 4.78 is 5.38. The number of Topliss-reactive ketones (excluding diaryl/α,β-unsaturated/α-hetero) is 2. The van der Waals surface area contributed by atoms with Gasteiger partial charge in [0, 0.05) is 32.6 Å². The van der Waals surface area contributed by atoms with Gasteiger partial charge in [0.25, 0.3) is 0 Å². The fourth-order valence-corrected chi connectivity index (χ4v) is 4.76. The van der Waals surface area contributed by atoms with Crippen LogP contribution < -0.4 is 0 Å². The summed E-state index contributed by atoms with van der Waals surface area (Å²) >= 11 is 0. The van der Waals surface area contributed by atoms with Crippen molar-refractivity contribution in [1.29, 1.82) is 0 Å². The normalized spacial score (nSPS) is 25.6. The number of rotatable bonds is 8. The highest BCUT2D eigenvalue weighted by atomic mass is 16.5. The van der Waals surface area contributed by atoms with Crippen molar-refractivity contribution in [1.82, 2.24) is 4.90 Å². The van der Waals surface area contributed by atoms with Gasteiger partial charge in [-0.3, -0.25) is 14.4 Å². The molecule has 0 aromatic rings. The first-order valence-corrected chi connectivity index (χ1v) is 10.6. The topological polar surface area (TPSA) is 63.7 Å². The Labute approximate surface area is 156 Å². The molecule has 26 heavy (non-hydrogen) atoms. The summed E-state index contributed by atoms with van der Waals surface area (Å²) in [5.74, 6) is 0.630. The van der Waals surface area contributed by atoms with Gasteiger partial charge in [-0.2, -0.15) is 0 Å². The van der Waals surface area contributed by atoms with Gasteiger partial charge in [0.15, 0.2) is 0 Å². The molecule has 1 atom stereocenters. The van der Waals surface area contributed by atoms with E-state index >= 15 is 0 Å². The maximum absolute atomic E-state index is 12.7. The van der Waals surface area contributed by atoms with Gasteiger partial charge in [-0.05, 0) is 43.9 Å². The largest absolute Gasteiger partial charge is 0.381 e. The van der Waals surface area contributed by atoms with Gasteiger partial charge < -0.3 is 9.64 Å². The lowest BCUT2D eigenvalue weighted by molar-refractivity contribution is -0.142. The van der Waals surface area contributed by atoms with Crippen LogP contribution in [0.2, 0.25) is 0 Å². The minimum absolute atomic E-state index is 0.0375. The summed E-state index contributed by atoms with van der Waals surface area (Å²) in [6, 6.07) is -0.499. The first kappa shape index (κ1) is 19.5. The van der Waals surface area contributed by atoms with Crippen molar-refractivity contribution in [2.75, 3.05) is 19.8 Å². The minimum atomic E-state index is -0.499. The van der Waals surface area contributed by atoms with Crippen molar-refractivity contribution in [3.63, 3.8) is 0 Å². The third kappa shape index (κ3) is 5.15. The number of nitrogens with zero attached hydrogens (tertiary/aromatic N) is 1. The van der Waals surface area contributed by atoms with E-state index in [1.54, 1.807) is 4.90 Å². The highest BCUT2D eigenvalue weighted by molar-refractivity contribution is 6.39. The number of carbonyl (C=O) groups excluding carboxylic acids is 3. The van der Waals surface area contributed by atoms with Crippen LogP contribution in [0.5, 0.6) is 0 Å². The highest BCUT2D eigenvalue weighted by Gasteiger charge is 2.38. The second kappa shape index (κ2) is 9.63. The quantitative estimate of drug-likeness (QED) is 0.621. The molecule has 3 fully saturated rings. The van der Waals surface area contributed by atoms with Crippen molar-refractivity contribution in [2.24, 2.45) is 11.8 Å². The van der Waals surface area contributed by atoms with Crippen LogP contribution in [-0.4, -0.2) is 48.2 Å². The van der Waals surface area contributed by atoms with Crippen LogP contribution in [0.15, 0.2) is 0 Å². The Balaban J connectivity index is 1.47. The number of ether oxygens (including phenoxy) is 1. The van der Waals surface area contributed by atoms with E-state index in [-0.39, 0.29) is 17.5 Å². The Morgan fingerprint density at radius 1 is 0.923 bits per heavy atom. The van der Waals surface area contributed by atoms with Gasteiger partial charge in [-0.25, -0.2) is 0 Å². The Kier molecular flexibility index (Phi) is 7.23. The highest BCUT2D eigenvalue weighted by Crippen LogP contribution is 2.28. The molecule has 0 radical (unpaired) electrons. The summed E-state index contributed by atoms with van der Waals surface area (Å²) in [5.41, 5.74) is 0. The summed E-state index contributed by atoms with van der Waals surface area (Å²) in [5, 5.41) is 0. The van der Waals surface area contributed by atoms with Crippen LogP contribution in [0.4, 0.5) is 0 Å². The molecule has 0 aromatic carbocycles. The fourth-order valence-electron chi connectivity index (χ4n) is 4.76. The van der Waals surface area contributed by atoms with Crippen LogP contribution in [0, 0.1) is 11.8 Å². The van der Waals surface area contributed by atoms with E-state index in [0.717, 1.165) is 38.9 Å². The lowest BCUT2D eigenvalue weighted by Gasteiger charge is -2.28. The number of amides is 1. The summed E-state index contributed by atoms with van der Waals surface area (Å²) in [6.07, 6.45) is 11.3. The Morgan fingerprint density at radius 3 is 2.35 bits per heavy atom. The van der Waals surface area contributed by atoms with Crippen LogP contribution in [0.1, 0.15) is 77.0 Å². The van der Waals surface area contributed by atoms with Crippen molar-refractivity contribution in [3.05, 3.63) is 0 Å². The molecule has 0 spiro atoms. The molecule has 146 valence electrons. The predicted octanol–water partition coefficient (Wildman–Crippen LogP) is 3.29. The molecule has 1 aliphatic carbocycles. The van der Waals surface area contributed by atoms with E-state index in [4.69, 9.17) is 4.74 Å². The first-order chi connectivity index (χ1) is 12.6. The van der Waals surface area contributed by atoms with Gasteiger partial charge >= 0.3 is 0 Å². The SMILES string of the molecule is O=C(CCC1CCCCC1)C(=O)C1CCC(=O)N1CCC1CCOCC1. The van der Waals surface area contributed by atoms with Crippen molar-refractivity contribution in [3.8, 4) is 0 Å². The first-order valence-electron chi connectivity index (χ1n) is 10.6. The zero-order chi connectivity index (χ0) is 18.4. The Bertz CT molecular complexity index is 506. The van der Waals surface area contributed by atoms with Gasteiger partial charge in [-0.15, -0.1) is 0 Å². The molecule has 1 saturated carbocycles. The minimum Gasteiger partial charge on any atom is -0.381 e. The molecule has 1 amide bonds. The van der Waals surface area contributed by atoms with E-state index in [0.29, 0.717) is 37.6 Å². The van der Waals surface area contributed by atoms with Crippen molar-refractivity contribution < 1.29 is 19.1 Å². The van der Waals surface area contributed by atoms with E-state index < -0.39 is 6.04 Å². The zero-order valence-electron chi connectivity index (χ0n) is 15.9. The maximum Gasteiger partial charge on any atom is 0.223 e. The van der Waals surface area contributed by atoms with E-state index in [1.807, 2.05) is 0 Å². The molecular weight excluding hydrogens is 330 g/mol. The average molecular weight is 363 g/mol. The second-order valence-electron chi connectivity index (χ2n) is 8.32. The van der Waals surface area contributed by atoms with E-state index in [9.17, 15) is 14.4 Å². The smallest absolute Gasteiger partial charge is 0.223 e. The number of likely N-dealkylation sites (tertiary alicyclic amines) is 1. The second-order valence-corrected chi connectivity index (χ2v) is 8.32. The number of ketones is 2. The molecule has 2 heterocycles. The molecule has 2 saturated heterocycles. The number of hydrogen-bond donors (Lipinski definition) is 0. The maximum atomic E-state index is 12.7. The number of hydrogen-bond acceptors (Lipinski definition) is 4. The third-order valence-electron chi connectivity index (χ3n) is 6.53. The Hall–Kier alpha value is -1.23. The molecule has 2 aliphatic heterocycles. The van der Waals surface area contributed by atoms with Crippen molar-refractivity contribution >= 4 is 17.5 Å². The van der Waals surface area contributed by atoms with Crippen LogP contribution >= 0.6 is 0 Å². The molecule has 3 rings (SSSR count). The van der Waals surface area contributed by atoms with E-state index in [2.05, 4.69) is 0 Å². The molecule has 0 bridgehead atoms. The summed E-state index contributed by atoms with van der Waals surface area (Å²) in [6.45, 7) is 2.19. The number of carbonyl (C=O) groups is 3. The molecule has 1 unspecified atom stereocenters. The van der Waals surface area contributed by atoms with Gasteiger partial charge in [0.1, 0.15) is 0 Å². The predicted molar refractivity (Wildman–Crippen MR) is 98.7 cm³/mol. The zero-order valence-corrected chi connectivity index (χ0v) is 15.9. The molecule has 3 aliphatic rings. The van der Waals surface area contributed by atoms with Crippen LogP contribution in [-0.2, 0) is 19.1 Å². The molecule has 0 N–H and O–H groups in total. The van der Waals surface area contributed by atoms with Gasteiger partial charge in [-0.1, -0.05) is 32.1 Å². The van der Waals surface area contributed by atoms with Crippen molar-refractivity contribution in [2.45, 2.75) is 83.1 Å². The van der Waals surface area contributed by atoms with Crippen LogP contribution in [0.25, 0.3) is 0 Å². The standard InChI is InChI=1S/C21H33NO4/c23-19(8-6-16-4-2-1-3-5-16)21(25)18-7-9-20(24)22(18)13-10-17-11-14-26-15-12-17/h16-18H,1-15H2. The molecule has 5 heteroatoms. The van der Waals surface area contributed by atoms with Gasteiger partial charge in [0.05, 0.1) is 6.04 Å². The summed E-state index contributed by atoms with van der Waals surface area (Å²) in [7, 11) is 0.